The molecule has 0 aliphatic rings. The monoisotopic (exact) mass is 331 g/mol. The number of carbonyl (C=O) groups excluding carboxylic acids is 1. The van der Waals surface area contributed by atoms with Gasteiger partial charge in [0.05, 0.1) is 0 Å². The molecule has 0 saturated carbocycles. The molecule has 1 amide bonds. The van der Waals surface area contributed by atoms with Crippen molar-refractivity contribution < 1.29 is 4.79 Å². The van der Waals surface area contributed by atoms with Gasteiger partial charge in [-0.05, 0) is 43.0 Å². The molecule has 3 rings (SSSR count). The maximum Gasteiger partial charge on any atom is 0.224 e. The number of aromatic nitrogens is 2. The van der Waals surface area contributed by atoms with E-state index in [1.807, 2.05) is 31.2 Å². The number of nitrogens with one attached hydrogen (secondary N) is 1. The molecule has 25 heavy (non-hydrogen) atoms. The van der Waals surface area contributed by atoms with E-state index in [0.29, 0.717) is 6.42 Å². The molecule has 126 valence electrons. The van der Waals surface area contributed by atoms with Crippen LogP contribution in [0.2, 0.25) is 0 Å². The summed E-state index contributed by atoms with van der Waals surface area (Å²) in [7, 11) is 0. The summed E-state index contributed by atoms with van der Waals surface area (Å²) >= 11 is 0. The summed E-state index contributed by atoms with van der Waals surface area (Å²) in [5.41, 5.74) is 5.37. The molecule has 3 aromatic rings. The molecule has 0 fully saturated rings. The fourth-order valence-electron chi connectivity index (χ4n) is 2.63. The van der Waals surface area contributed by atoms with Gasteiger partial charge in [-0.3, -0.25) is 4.79 Å². The fourth-order valence-corrected chi connectivity index (χ4v) is 2.63. The average molecular weight is 331 g/mol. The first-order chi connectivity index (χ1) is 12.2. The number of benzene rings is 2. The van der Waals surface area contributed by atoms with Crippen LogP contribution in [0, 0.1) is 6.92 Å². The minimum atomic E-state index is 0.0573. The predicted octanol–water partition coefficient (Wildman–Crippen LogP) is 4.41. The number of nitrogens with zero attached hydrogens (tertiary/aromatic N) is 2. The zero-order valence-electron chi connectivity index (χ0n) is 14.3. The van der Waals surface area contributed by atoms with Crippen LogP contribution in [0.4, 0.5) is 5.69 Å². The molecule has 4 heteroatoms. The summed E-state index contributed by atoms with van der Waals surface area (Å²) in [5, 5.41) is 2.93. The van der Waals surface area contributed by atoms with Gasteiger partial charge in [-0.25, -0.2) is 9.97 Å². The normalized spacial score (nSPS) is 10.4. The number of aryl methyl sites for hydroxylation is 2. The van der Waals surface area contributed by atoms with E-state index >= 15 is 0 Å². The SMILES string of the molecule is Cc1ccc(NC(=O)CCCc2ccc(-c3cncnc3)cc2)cc1. The molecule has 0 aliphatic carbocycles. The van der Waals surface area contributed by atoms with Crippen LogP contribution in [0.25, 0.3) is 11.1 Å². The van der Waals surface area contributed by atoms with Gasteiger partial charge in [-0.1, -0.05) is 42.0 Å². The summed E-state index contributed by atoms with van der Waals surface area (Å²) < 4.78 is 0. The van der Waals surface area contributed by atoms with Crippen LogP contribution in [0.5, 0.6) is 0 Å². The number of rotatable bonds is 6. The lowest BCUT2D eigenvalue weighted by molar-refractivity contribution is -0.116. The molecule has 0 radical (unpaired) electrons. The van der Waals surface area contributed by atoms with E-state index in [2.05, 4.69) is 39.6 Å². The highest BCUT2D eigenvalue weighted by Crippen LogP contribution is 2.18. The van der Waals surface area contributed by atoms with Gasteiger partial charge in [0.25, 0.3) is 0 Å². The zero-order valence-corrected chi connectivity index (χ0v) is 14.3. The third kappa shape index (κ3) is 4.98. The van der Waals surface area contributed by atoms with Crippen molar-refractivity contribution in [3.05, 3.63) is 78.4 Å². The Hall–Kier alpha value is -3.01. The lowest BCUT2D eigenvalue weighted by Gasteiger charge is -2.06. The van der Waals surface area contributed by atoms with Gasteiger partial charge in [0, 0.05) is 30.1 Å². The molecular formula is C21H21N3O. The lowest BCUT2D eigenvalue weighted by Crippen LogP contribution is -2.11. The highest BCUT2D eigenvalue weighted by Gasteiger charge is 2.03. The number of hydrogen-bond donors (Lipinski definition) is 1. The number of carbonyl (C=O) groups is 1. The van der Waals surface area contributed by atoms with E-state index in [4.69, 9.17) is 0 Å². The molecule has 4 nitrogen and oxygen atoms in total. The molecular weight excluding hydrogens is 310 g/mol. The Labute approximate surface area is 148 Å². The second-order valence-corrected chi connectivity index (χ2v) is 6.09. The van der Waals surface area contributed by atoms with E-state index in [1.54, 1.807) is 12.4 Å². The van der Waals surface area contributed by atoms with Crippen molar-refractivity contribution >= 4 is 11.6 Å². The van der Waals surface area contributed by atoms with Gasteiger partial charge in [-0.15, -0.1) is 0 Å². The maximum atomic E-state index is 12.0. The molecule has 0 aliphatic heterocycles. The van der Waals surface area contributed by atoms with E-state index in [1.165, 1.54) is 17.5 Å². The Bertz CT molecular complexity index is 812. The number of amides is 1. The smallest absolute Gasteiger partial charge is 0.224 e. The lowest BCUT2D eigenvalue weighted by atomic mass is 10.0. The molecule has 0 bridgehead atoms. The largest absolute Gasteiger partial charge is 0.326 e. The Balaban J connectivity index is 1.47. The quantitative estimate of drug-likeness (QED) is 0.728. The van der Waals surface area contributed by atoms with E-state index < -0.39 is 0 Å². The summed E-state index contributed by atoms with van der Waals surface area (Å²) in [4.78, 5) is 20.1. The molecule has 0 saturated heterocycles. The van der Waals surface area contributed by atoms with Crippen molar-refractivity contribution in [2.24, 2.45) is 0 Å². The third-order valence-electron chi connectivity index (χ3n) is 4.05. The molecule has 0 unspecified atom stereocenters. The highest BCUT2D eigenvalue weighted by atomic mass is 16.1. The van der Waals surface area contributed by atoms with E-state index in [0.717, 1.165) is 29.7 Å². The minimum Gasteiger partial charge on any atom is -0.326 e. The van der Waals surface area contributed by atoms with Crippen LogP contribution < -0.4 is 5.32 Å². The van der Waals surface area contributed by atoms with Gasteiger partial charge in [0.1, 0.15) is 6.33 Å². The van der Waals surface area contributed by atoms with Gasteiger partial charge in [0.15, 0.2) is 0 Å². The van der Waals surface area contributed by atoms with Crippen molar-refractivity contribution in [3.63, 3.8) is 0 Å². The zero-order chi connectivity index (χ0) is 17.5. The molecule has 1 heterocycles. The van der Waals surface area contributed by atoms with Crippen molar-refractivity contribution in [1.82, 2.24) is 9.97 Å². The molecule has 1 N–H and O–H groups in total. The Morgan fingerprint density at radius 2 is 1.60 bits per heavy atom. The first kappa shape index (κ1) is 16.8. The van der Waals surface area contributed by atoms with E-state index in [9.17, 15) is 4.79 Å². The Kier molecular flexibility index (Phi) is 5.52. The van der Waals surface area contributed by atoms with Gasteiger partial charge in [-0.2, -0.15) is 0 Å². The van der Waals surface area contributed by atoms with Crippen LogP contribution >= 0.6 is 0 Å². The second kappa shape index (κ2) is 8.20. The standard InChI is InChI=1S/C21H21N3O/c1-16-5-11-20(12-6-16)24-21(25)4-2-3-17-7-9-18(10-8-17)19-13-22-15-23-14-19/h5-15H,2-4H2,1H3,(H,24,25). The molecule has 0 atom stereocenters. The summed E-state index contributed by atoms with van der Waals surface area (Å²) in [6.07, 6.45) is 7.36. The average Bonchev–Trinajstić information content (AvgIpc) is 2.65. The highest BCUT2D eigenvalue weighted by molar-refractivity contribution is 5.90. The van der Waals surface area contributed by atoms with Crippen molar-refractivity contribution in [2.45, 2.75) is 26.2 Å². The van der Waals surface area contributed by atoms with Crippen LogP contribution in [-0.4, -0.2) is 15.9 Å². The molecule has 1 aromatic heterocycles. The van der Waals surface area contributed by atoms with Crippen LogP contribution in [0.1, 0.15) is 24.0 Å². The van der Waals surface area contributed by atoms with Crippen LogP contribution in [-0.2, 0) is 11.2 Å². The van der Waals surface area contributed by atoms with Crippen molar-refractivity contribution in [3.8, 4) is 11.1 Å². The van der Waals surface area contributed by atoms with Crippen molar-refractivity contribution in [2.75, 3.05) is 5.32 Å². The van der Waals surface area contributed by atoms with Crippen LogP contribution in [0.3, 0.4) is 0 Å². The van der Waals surface area contributed by atoms with Gasteiger partial charge >= 0.3 is 0 Å². The first-order valence-corrected chi connectivity index (χ1v) is 8.41. The molecule has 0 spiro atoms. The predicted molar refractivity (Wildman–Crippen MR) is 100 cm³/mol. The van der Waals surface area contributed by atoms with Crippen molar-refractivity contribution in [1.29, 1.82) is 0 Å². The summed E-state index contributed by atoms with van der Waals surface area (Å²) in [5.74, 6) is 0.0573. The van der Waals surface area contributed by atoms with Gasteiger partial charge in [0.2, 0.25) is 5.91 Å². The van der Waals surface area contributed by atoms with Crippen LogP contribution in [0.15, 0.2) is 67.3 Å². The Morgan fingerprint density at radius 1 is 0.920 bits per heavy atom. The topological polar surface area (TPSA) is 54.9 Å². The first-order valence-electron chi connectivity index (χ1n) is 8.41. The maximum absolute atomic E-state index is 12.0. The molecule has 2 aromatic carbocycles. The Morgan fingerprint density at radius 3 is 2.28 bits per heavy atom. The van der Waals surface area contributed by atoms with E-state index in [-0.39, 0.29) is 5.91 Å². The number of anilines is 1. The number of hydrogen-bond acceptors (Lipinski definition) is 3. The fraction of sp³-hybridized carbons (Fsp3) is 0.190. The summed E-state index contributed by atoms with van der Waals surface area (Å²) in [6.45, 7) is 2.03. The second-order valence-electron chi connectivity index (χ2n) is 6.09. The third-order valence-corrected chi connectivity index (χ3v) is 4.05. The van der Waals surface area contributed by atoms with Gasteiger partial charge < -0.3 is 5.32 Å². The minimum absolute atomic E-state index is 0.0573. The summed E-state index contributed by atoms with van der Waals surface area (Å²) in [6, 6.07) is 16.2.